The third-order valence-electron chi connectivity index (χ3n) is 6.28. The van der Waals surface area contributed by atoms with E-state index in [1.165, 1.54) is 16.7 Å². The minimum absolute atomic E-state index is 0. The smallest absolute Gasteiger partial charge is 0.342 e. The molecular weight excluding hydrogens is 494 g/mol. The van der Waals surface area contributed by atoms with Gasteiger partial charge in [0, 0.05) is 10.3 Å². The molecule has 11 heteroatoms. The Hall–Kier alpha value is -3.08. The number of nitrogens with two attached hydrogens (primary N) is 1. The van der Waals surface area contributed by atoms with E-state index in [1.807, 2.05) is 19.9 Å². The van der Waals surface area contributed by atoms with Crippen LogP contribution < -0.4 is 23.5 Å². The van der Waals surface area contributed by atoms with Crippen LogP contribution in [0.1, 0.15) is 47.7 Å². The predicted octanol–water partition coefficient (Wildman–Crippen LogP) is -1.35. The van der Waals surface area contributed by atoms with Gasteiger partial charge in [-0.05, 0) is 25.5 Å². The molecule has 0 aromatic heterocycles. The molecule has 3 aliphatic rings. The van der Waals surface area contributed by atoms with E-state index in [0.717, 1.165) is 0 Å². The van der Waals surface area contributed by atoms with E-state index < -0.39 is 52.4 Å². The lowest BCUT2D eigenvalue weighted by Crippen LogP contribution is -3.00. The molecule has 5 rings (SSSR count). The summed E-state index contributed by atoms with van der Waals surface area (Å²) in [5.74, 6) is -2.09. The van der Waals surface area contributed by atoms with E-state index in [1.54, 1.807) is 48.5 Å². The molecule has 0 bridgehead atoms. The van der Waals surface area contributed by atoms with Crippen molar-refractivity contribution in [3.63, 3.8) is 0 Å². The van der Waals surface area contributed by atoms with E-state index >= 15 is 0 Å². The average Bonchev–Trinajstić information content (AvgIpc) is 3.28. The van der Waals surface area contributed by atoms with Crippen LogP contribution in [0.15, 0.2) is 54.6 Å². The number of hydrogen-bond donors (Lipinski definition) is 2. The standard InChI is InChI=1S/C24H23N3O6S.ClH/c1-24(2)17(22(31)33-23-14-11-7-6-10-13(14)21(30)32-23)27-19(29)16(20(27)34-24)26-18(28)15(25)12-8-4-3-5-9-12;/h3-11,15-17,20,23H,25H2,1-2H3,(H,26,28);1H/p-1. The topological polar surface area (TPSA) is 128 Å². The van der Waals surface area contributed by atoms with E-state index in [4.69, 9.17) is 15.2 Å². The first-order valence-electron chi connectivity index (χ1n) is 10.8. The number of thioether (sulfide) groups is 1. The lowest BCUT2D eigenvalue weighted by Gasteiger charge is -2.44. The first-order chi connectivity index (χ1) is 16.2. The Morgan fingerprint density at radius 3 is 2.49 bits per heavy atom. The van der Waals surface area contributed by atoms with Crippen LogP contribution in [0.3, 0.4) is 0 Å². The van der Waals surface area contributed by atoms with Gasteiger partial charge in [-0.25, -0.2) is 9.59 Å². The molecular formula is C24H23ClN3O6S-. The first kappa shape index (κ1) is 25.0. The van der Waals surface area contributed by atoms with Gasteiger partial charge in [-0.15, -0.1) is 11.8 Å². The van der Waals surface area contributed by atoms with Crippen molar-refractivity contribution in [2.75, 3.05) is 0 Å². The number of esters is 2. The number of amides is 2. The third kappa shape index (κ3) is 4.15. The highest BCUT2D eigenvalue weighted by atomic mass is 35.5. The van der Waals surface area contributed by atoms with Crippen LogP contribution in [0.25, 0.3) is 0 Å². The van der Waals surface area contributed by atoms with E-state index in [9.17, 15) is 19.2 Å². The molecule has 2 saturated heterocycles. The van der Waals surface area contributed by atoms with Crippen LogP contribution in [0.5, 0.6) is 0 Å². The summed E-state index contributed by atoms with van der Waals surface area (Å²) in [5, 5.41) is 2.29. The number of β-lactam (4-membered cyclic amide) rings is 1. The summed E-state index contributed by atoms with van der Waals surface area (Å²) in [5.41, 5.74) is 7.51. The molecule has 5 atom stereocenters. The summed E-state index contributed by atoms with van der Waals surface area (Å²) in [7, 11) is 0. The Balaban J connectivity index is 0.00000289. The molecule has 35 heavy (non-hydrogen) atoms. The predicted molar refractivity (Wildman–Crippen MR) is 122 cm³/mol. The normalized spacial score (nSPS) is 26.4. The second-order valence-electron chi connectivity index (χ2n) is 8.90. The Morgan fingerprint density at radius 2 is 1.77 bits per heavy atom. The monoisotopic (exact) mass is 516 g/mol. The quantitative estimate of drug-likeness (QED) is 0.369. The van der Waals surface area contributed by atoms with Gasteiger partial charge in [0.05, 0.1) is 5.56 Å². The highest BCUT2D eigenvalue weighted by Gasteiger charge is 2.65. The van der Waals surface area contributed by atoms with Crippen LogP contribution >= 0.6 is 11.8 Å². The lowest BCUT2D eigenvalue weighted by atomic mass is 9.95. The zero-order valence-electron chi connectivity index (χ0n) is 18.8. The molecule has 2 aromatic rings. The van der Waals surface area contributed by atoms with E-state index in [0.29, 0.717) is 16.7 Å². The second-order valence-corrected chi connectivity index (χ2v) is 10.7. The molecule has 2 aromatic carbocycles. The maximum atomic E-state index is 13.2. The molecule has 5 unspecified atom stereocenters. The average molecular weight is 517 g/mol. The summed E-state index contributed by atoms with van der Waals surface area (Å²) in [4.78, 5) is 52.3. The first-order valence-corrected chi connectivity index (χ1v) is 11.7. The summed E-state index contributed by atoms with van der Waals surface area (Å²) < 4.78 is 10.1. The van der Waals surface area contributed by atoms with Crippen LogP contribution in [0, 0.1) is 0 Å². The molecule has 3 aliphatic heterocycles. The van der Waals surface area contributed by atoms with Gasteiger partial charge in [-0.1, -0.05) is 48.5 Å². The SMILES string of the molecule is CC1(C)SC2C(NC(=O)C(N)c3ccccc3)C(=O)N2C1C(=O)OC1OC(=O)c2ccccc21.[Cl-]. The zero-order chi connectivity index (χ0) is 24.2. The number of ether oxygens (including phenoxy) is 2. The molecule has 0 saturated carbocycles. The number of nitrogens with zero attached hydrogens (tertiary/aromatic N) is 1. The van der Waals surface area contributed by atoms with Gasteiger partial charge < -0.3 is 37.8 Å². The van der Waals surface area contributed by atoms with Crippen molar-refractivity contribution in [2.24, 2.45) is 5.73 Å². The summed E-state index contributed by atoms with van der Waals surface area (Å²) in [6.45, 7) is 3.66. The Bertz CT molecular complexity index is 1190. The highest BCUT2D eigenvalue weighted by molar-refractivity contribution is 8.01. The van der Waals surface area contributed by atoms with Crippen molar-refractivity contribution in [3.05, 3.63) is 71.3 Å². The molecule has 3 heterocycles. The molecule has 2 amide bonds. The molecule has 184 valence electrons. The van der Waals surface area contributed by atoms with Gasteiger partial charge in [-0.3, -0.25) is 9.59 Å². The largest absolute Gasteiger partial charge is 1.00 e. The molecule has 3 N–H and O–H groups in total. The fourth-order valence-electron chi connectivity index (χ4n) is 4.55. The van der Waals surface area contributed by atoms with Gasteiger partial charge >= 0.3 is 11.9 Å². The molecule has 0 radical (unpaired) electrons. The maximum absolute atomic E-state index is 13.2. The van der Waals surface area contributed by atoms with Gasteiger partial charge in [0.25, 0.3) is 6.29 Å². The molecule has 0 aliphatic carbocycles. The zero-order valence-corrected chi connectivity index (χ0v) is 20.4. The van der Waals surface area contributed by atoms with Gasteiger partial charge in [0.1, 0.15) is 23.5 Å². The molecule has 0 spiro atoms. The summed E-state index contributed by atoms with van der Waals surface area (Å²) >= 11 is 1.40. The minimum Gasteiger partial charge on any atom is -1.00 e. The number of benzene rings is 2. The van der Waals surface area contributed by atoms with Crippen molar-refractivity contribution in [2.45, 2.75) is 48.4 Å². The second kappa shape index (κ2) is 9.18. The van der Waals surface area contributed by atoms with E-state index in [-0.39, 0.29) is 18.3 Å². The van der Waals surface area contributed by atoms with Crippen molar-refractivity contribution >= 4 is 35.5 Å². The molecule has 9 nitrogen and oxygen atoms in total. The van der Waals surface area contributed by atoms with Crippen LogP contribution in [0.4, 0.5) is 0 Å². The highest BCUT2D eigenvalue weighted by Crippen LogP contribution is 2.51. The van der Waals surface area contributed by atoms with Gasteiger partial charge in [-0.2, -0.15) is 0 Å². The fraction of sp³-hybridized carbons (Fsp3) is 0.333. The number of hydrogen-bond acceptors (Lipinski definition) is 8. The number of fused-ring (bicyclic) bond motifs is 2. The van der Waals surface area contributed by atoms with Gasteiger partial charge in [0.15, 0.2) is 0 Å². The number of carbonyl (C=O) groups excluding carboxylic acids is 4. The number of nitrogens with one attached hydrogen (secondary N) is 1. The Kier molecular flexibility index (Phi) is 6.56. The third-order valence-corrected chi connectivity index (χ3v) is 7.85. The maximum Gasteiger partial charge on any atom is 0.342 e. The Morgan fingerprint density at radius 1 is 1.11 bits per heavy atom. The number of cyclic esters (lactones) is 1. The van der Waals surface area contributed by atoms with Crippen LogP contribution in [0.2, 0.25) is 0 Å². The van der Waals surface area contributed by atoms with Crippen molar-refractivity contribution in [1.29, 1.82) is 0 Å². The van der Waals surface area contributed by atoms with Crippen molar-refractivity contribution in [3.8, 4) is 0 Å². The summed E-state index contributed by atoms with van der Waals surface area (Å²) in [6.07, 6.45) is -1.16. The van der Waals surface area contributed by atoms with Crippen LogP contribution in [-0.4, -0.2) is 50.9 Å². The van der Waals surface area contributed by atoms with Crippen molar-refractivity contribution in [1.82, 2.24) is 10.2 Å². The van der Waals surface area contributed by atoms with Crippen LogP contribution in [-0.2, 0) is 23.9 Å². The van der Waals surface area contributed by atoms with E-state index in [2.05, 4.69) is 5.32 Å². The lowest BCUT2D eigenvalue weighted by molar-refractivity contribution is -0.180. The summed E-state index contributed by atoms with van der Waals surface area (Å²) in [6, 6.07) is 12.9. The Labute approximate surface area is 212 Å². The molecule has 2 fully saturated rings. The fourth-order valence-corrected chi connectivity index (χ4v) is 6.17. The number of halogens is 1. The number of rotatable bonds is 5. The van der Waals surface area contributed by atoms with Crippen molar-refractivity contribution < 1.29 is 41.1 Å². The van der Waals surface area contributed by atoms with Gasteiger partial charge in [0.2, 0.25) is 11.8 Å². The minimum atomic E-state index is -1.16. The number of carbonyl (C=O) groups is 4.